The quantitative estimate of drug-likeness (QED) is 0.755. The molecule has 2 aromatic heterocycles. The lowest BCUT2D eigenvalue weighted by atomic mass is 10.1. The highest BCUT2D eigenvalue weighted by Gasteiger charge is 2.19. The molecule has 0 radical (unpaired) electrons. The normalized spacial score (nSPS) is 10.2. The van der Waals surface area contributed by atoms with Crippen molar-refractivity contribution in [2.75, 3.05) is 0 Å². The molecule has 0 aromatic carbocycles. The summed E-state index contributed by atoms with van der Waals surface area (Å²) in [5.74, 6) is -0.355. The van der Waals surface area contributed by atoms with E-state index in [0.717, 1.165) is 0 Å². The predicted molar refractivity (Wildman–Crippen MR) is 62.1 cm³/mol. The van der Waals surface area contributed by atoms with Crippen LogP contribution in [-0.2, 0) is 9.53 Å². The Morgan fingerprint density at radius 3 is 1.94 bits per heavy atom. The van der Waals surface area contributed by atoms with Gasteiger partial charge >= 0.3 is 5.97 Å². The summed E-state index contributed by atoms with van der Waals surface area (Å²) in [4.78, 5) is 19.5. The minimum Gasteiger partial charge on any atom is -0.449 e. The van der Waals surface area contributed by atoms with E-state index in [1.165, 1.54) is 6.92 Å². The number of carbonyl (C=O) groups is 1. The maximum absolute atomic E-state index is 11.1. The smallest absolute Gasteiger partial charge is 0.303 e. The number of hydrogen-bond donors (Lipinski definition) is 0. The molecule has 4 heteroatoms. The Kier molecular flexibility index (Phi) is 3.45. The van der Waals surface area contributed by atoms with Crippen LogP contribution in [0.3, 0.4) is 0 Å². The first-order valence-electron chi connectivity index (χ1n) is 5.26. The standard InChI is InChI=1S/C13H12N2O2/c1-10(16)17-13(11-6-2-4-8-14-11)12-7-3-5-9-15-12/h2-9,13H,1H3. The molecular weight excluding hydrogens is 216 g/mol. The van der Waals surface area contributed by atoms with Crippen molar-refractivity contribution in [3.05, 3.63) is 60.2 Å². The van der Waals surface area contributed by atoms with Crippen LogP contribution < -0.4 is 0 Å². The average molecular weight is 228 g/mol. The highest BCUT2D eigenvalue weighted by molar-refractivity contribution is 5.66. The summed E-state index contributed by atoms with van der Waals surface area (Å²) < 4.78 is 5.26. The Labute approximate surface area is 99.3 Å². The van der Waals surface area contributed by atoms with Gasteiger partial charge in [0.1, 0.15) is 0 Å². The molecule has 2 rings (SSSR count). The second-order valence-corrected chi connectivity index (χ2v) is 3.50. The number of pyridine rings is 2. The third-order valence-electron chi connectivity index (χ3n) is 2.20. The van der Waals surface area contributed by atoms with Crippen molar-refractivity contribution in [3.63, 3.8) is 0 Å². The van der Waals surface area contributed by atoms with Gasteiger partial charge in [0.2, 0.25) is 0 Å². The van der Waals surface area contributed by atoms with Crippen LogP contribution in [0.1, 0.15) is 24.4 Å². The number of aromatic nitrogens is 2. The topological polar surface area (TPSA) is 52.1 Å². The van der Waals surface area contributed by atoms with E-state index in [4.69, 9.17) is 4.74 Å². The van der Waals surface area contributed by atoms with Crippen LogP contribution in [0.15, 0.2) is 48.8 Å². The van der Waals surface area contributed by atoms with E-state index in [-0.39, 0.29) is 5.97 Å². The molecule has 4 nitrogen and oxygen atoms in total. The lowest BCUT2D eigenvalue weighted by Crippen LogP contribution is -2.12. The molecule has 0 amide bonds. The van der Waals surface area contributed by atoms with Crippen LogP contribution in [0.4, 0.5) is 0 Å². The van der Waals surface area contributed by atoms with Crippen LogP contribution >= 0.6 is 0 Å². The van der Waals surface area contributed by atoms with Gasteiger partial charge < -0.3 is 4.74 Å². The van der Waals surface area contributed by atoms with Gasteiger partial charge in [-0.15, -0.1) is 0 Å². The van der Waals surface area contributed by atoms with E-state index >= 15 is 0 Å². The van der Waals surface area contributed by atoms with E-state index in [0.29, 0.717) is 11.4 Å². The summed E-state index contributed by atoms with van der Waals surface area (Å²) in [6, 6.07) is 10.9. The van der Waals surface area contributed by atoms with Gasteiger partial charge in [-0.05, 0) is 24.3 Å². The van der Waals surface area contributed by atoms with E-state index in [2.05, 4.69) is 9.97 Å². The number of ether oxygens (including phenoxy) is 1. The molecule has 0 saturated heterocycles. The highest BCUT2D eigenvalue weighted by atomic mass is 16.5. The van der Waals surface area contributed by atoms with E-state index in [1.807, 2.05) is 36.4 Å². The number of esters is 1. The monoisotopic (exact) mass is 228 g/mol. The molecule has 0 aliphatic heterocycles. The van der Waals surface area contributed by atoms with Crippen molar-refractivity contribution in [1.82, 2.24) is 9.97 Å². The summed E-state index contributed by atoms with van der Waals surface area (Å²) in [5, 5.41) is 0. The van der Waals surface area contributed by atoms with Crippen molar-refractivity contribution < 1.29 is 9.53 Å². The van der Waals surface area contributed by atoms with Gasteiger partial charge in [0.05, 0.1) is 11.4 Å². The van der Waals surface area contributed by atoms with Gasteiger partial charge in [-0.25, -0.2) is 0 Å². The van der Waals surface area contributed by atoms with Gasteiger partial charge in [-0.3, -0.25) is 14.8 Å². The van der Waals surface area contributed by atoms with Crippen molar-refractivity contribution >= 4 is 5.97 Å². The Morgan fingerprint density at radius 1 is 1.06 bits per heavy atom. The van der Waals surface area contributed by atoms with Crippen molar-refractivity contribution in [1.29, 1.82) is 0 Å². The molecule has 0 aliphatic carbocycles. The largest absolute Gasteiger partial charge is 0.449 e. The molecule has 17 heavy (non-hydrogen) atoms. The lowest BCUT2D eigenvalue weighted by molar-refractivity contribution is -0.145. The summed E-state index contributed by atoms with van der Waals surface area (Å²) >= 11 is 0. The average Bonchev–Trinajstić information content (AvgIpc) is 2.38. The second-order valence-electron chi connectivity index (χ2n) is 3.50. The third kappa shape index (κ3) is 2.87. The molecule has 0 bridgehead atoms. The van der Waals surface area contributed by atoms with E-state index in [1.54, 1.807) is 12.4 Å². The molecule has 0 saturated carbocycles. The fraction of sp³-hybridized carbons (Fsp3) is 0.154. The number of rotatable bonds is 3. The Hall–Kier alpha value is -2.23. The summed E-state index contributed by atoms with van der Waals surface area (Å²) in [7, 11) is 0. The molecule has 0 spiro atoms. The predicted octanol–water partition coefficient (Wildman–Crippen LogP) is 2.13. The van der Waals surface area contributed by atoms with Crippen LogP contribution in [-0.4, -0.2) is 15.9 Å². The van der Waals surface area contributed by atoms with Crippen LogP contribution in [0, 0.1) is 0 Å². The molecule has 0 atom stereocenters. The van der Waals surface area contributed by atoms with Crippen molar-refractivity contribution in [2.24, 2.45) is 0 Å². The Bertz CT molecular complexity index is 446. The maximum Gasteiger partial charge on any atom is 0.303 e. The SMILES string of the molecule is CC(=O)OC(c1ccccn1)c1ccccn1. The number of hydrogen-bond acceptors (Lipinski definition) is 4. The van der Waals surface area contributed by atoms with E-state index in [9.17, 15) is 4.79 Å². The molecule has 0 unspecified atom stereocenters. The van der Waals surface area contributed by atoms with Gasteiger partial charge in [0, 0.05) is 19.3 Å². The lowest BCUT2D eigenvalue weighted by Gasteiger charge is -2.15. The minimum absolute atomic E-state index is 0.355. The zero-order chi connectivity index (χ0) is 12.1. The third-order valence-corrected chi connectivity index (χ3v) is 2.20. The van der Waals surface area contributed by atoms with Crippen molar-refractivity contribution in [3.8, 4) is 0 Å². The molecular formula is C13H12N2O2. The molecule has 0 fully saturated rings. The number of nitrogens with zero attached hydrogens (tertiary/aromatic N) is 2. The number of carbonyl (C=O) groups excluding carboxylic acids is 1. The minimum atomic E-state index is -0.546. The zero-order valence-corrected chi connectivity index (χ0v) is 9.41. The molecule has 86 valence electrons. The van der Waals surface area contributed by atoms with Gasteiger partial charge in [-0.1, -0.05) is 12.1 Å². The Morgan fingerprint density at radius 2 is 1.59 bits per heavy atom. The maximum atomic E-state index is 11.1. The van der Waals surface area contributed by atoms with Crippen LogP contribution in [0.5, 0.6) is 0 Å². The molecule has 2 aromatic rings. The van der Waals surface area contributed by atoms with Crippen LogP contribution in [0.25, 0.3) is 0 Å². The summed E-state index contributed by atoms with van der Waals surface area (Å²) in [6.07, 6.45) is 2.78. The van der Waals surface area contributed by atoms with Gasteiger partial charge in [0.25, 0.3) is 0 Å². The van der Waals surface area contributed by atoms with Gasteiger partial charge in [-0.2, -0.15) is 0 Å². The summed E-state index contributed by atoms with van der Waals surface area (Å²) in [5.41, 5.74) is 1.34. The fourth-order valence-electron chi connectivity index (χ4n) is 1.50. The second kappa shape index (κ2) is 5.21. The van der Waals surface area contributed by atoms with Gasteiger partial charge in [0.15, 0.2) is 6.10 Å². The Balaban J connectivity index is 2.36. The van der Waals surface area contributed by atoms with E-state index < -0.39 is 6.10 Å². The molecule has 2 heterocycles. The zero-order valence-electron chi connectivity index (χ0n) is 9.41. The van der Waals surface area contributed by atoms with Crippen molar-refractivity contribution in [2.45, 2.75) is 13.0 Å². The molecule has 0 aliphatic rings. The fourth-order valence-corrected chi connectivity index (χ4v) is 1.50. The summed E-state index contributed by atoms with van der Waals surface area (Å²) in [6.45, 7) is 1.37. The van der Waals surface area contributed by atoms with Crippen LogP contribution in [0.2, 0.25) is 0 Å². The first kappa shape index (κ1) is 11.3. The first-order chi connectivity index (χ1) is 8.27. The highest BCUT2D eigenvalue weighted by Crippen LogP contribution is 2.22. The first-order valence-corrected chi connectivity index (χ1v) is 5.26. The molecule has 0 N–H and O–H groups in total.